The summed E-state index contributed by atoms with van der Waals surface area (Å²) in [5.41, 5.74) is 5.97. The molecule has 0 radical (unpaired) electrons. The van der Waals surface area contributed by atoms with Gasteiger partial charge in [-0.25, -0.2) is 0 Å². The fourth-order valence-corrected chi connectivity index (χ4v) is 2.91. The molecule has 1 unspecified atom stereocenters. The first-order valence-corrected chi connectivity index (χ1v) is 7.73. The van der Waals surface area contributed by atoms with Crippen LogP contribution in [0.25, 0.3) is 0 Å². The zero-order valence-electron chi connectivity index (χ0n) is 12.6. The van der Waals surface area contributed by atoms with Crippen LogP contribution in [0.2, 0.25) is 0 Å². The van der Waals surface area contributed by atoms with Gasteiger partial charge in [-0.2, -0.15) is 0 Å². The number of carbonyl (C=O) groups excluding carboxylic acids is 1. The van der Waals surface area contributed by atoms with Crippen LogP contribution in [0.4, 0.5) is 0 Å². The lowest BCUT2D eigenvalue weighted by Gasteiger charge is -2.31. The van der Waals surface area contributed by atoms with Gasteiger partial charge in [0.1, 0.15) is 0 Å². The predicted octanol–water partition coefficient (Wildman–Crippen LogP) is 3.35. The van der Waals surface area contributed by atoms with E-state index < -0.39 is 0 Å². The van der Waals surface area contributed by atoms with E-state index in [-0.39, 0.29) is 24.4 Å². The molecule has 1 saturated carbocycles. The standard InChI is InChI=1S/C15H30N2O.ClH/c1-3-8-14(16)15(18)17(11-4-2)12-13-9-6-5-7-10-13;/h13-14H,3-12,16H2,1-2H3;1H. The minimum Gasteiger partial charge on any atom is -0.341 e. The SMILES string of the molecule is CCCC(N)C(=O)N(CCC)CC1CCCCC1.Cl. The highest BCUT2D eigenvalue weighted by molar-refractivity contribution is 5.85. The molecule has 4 heteroatoms. The van der Waals surface area contributed by atoms with Crippen LogP contribution in [0.5, 0.6) is 0 Å². The van der Waals surface area contributed by atoms with Crippen molar-refractivity contribution in [2.45, 2.75) is 71.3 Å². The number of rotatable bonds is 7. The average molecular weight is 291 g/mol. The van der Waals surface area contributed by atoms with Crippen LogP contribution in [0.3, 0.4) is 0 Å². The lowest BCUT2D eigenvalue weighted by Crippen LogP contribution is -2.46. The van der Waals surface area contributed by atoms with Crippen molar-refractivity contribution < 1.29 is 4.79 Å². The fourth-order valence-electron chi connectivity index (χ4n) is 2.91. The summed E-state index contributed by atoms with van der Waals surface area (Å²) in [5, 5.41) is 0. The summed E-state index contributed by atoms with van der Waals surface area (Å²) < 4.78 is 0. The Morgan fingerprint density at radius 2 is 1.84 bits per heavy atom. The molecule has 2 N–H and O–H groups in total. The third-order valence-electron chi connectivity index (χ3n) is 3.93. The zero-order valence-corrected chi connectivity index (χ0v) is 13.4. The van der Waals surface area contributed by atoms with E-state index in [0.717, 1.165) is 32.4 Å². The lowest BCUT2D eigenvalue weighted by atomic mass is 9.88. The monoisotopic (exact) mass is 290 g/mol. The molecule has 0 saturated heterocycles. The number of nitrogens with two attached hydrogens (primary N) is 1. The van der Waals surface area contributed by atoms with Crippen LogP contribution in [0.1, 0.15) is 65.2 Å². The van der Waals surface area contributed by atoms with E-state index in [1.165, 1.54) is 32.1 Å². The molecule has 1 atom stereocenters. The molecular formula is C15H31ClN2O. The van der Waals surface area contributed by atoms with Crippen molar-refractivity contribution >= 4 is 18.3 Å². The van der Waals surface area contributed by atoms with Crippen molar-refractivity contribution in [3.05, 3.63) is 0 Å². The van der Waals surface area contributed by atoms with Crippen molar-refractivity contribution in [2.24, 2.45) is 11.7 Å². The topological polar surface area (TPSA) is 46.3 Å². The summed E-state index contributed by atoms with van der Waals surface area (Å²) in [4.78, 5) is 14.3. The van der Waals surface area contributed by atoms with E-state index in [1.54, 1.807) is 0 Å². The second-order valence-electron chi connectivity index (χ2n) is 5.68. The molecule has 1 fully saturated rings. The van der Waals surface area contributed by atoms with E-state index in [1.807, 2.05) is 4.90 Å². The van der Waals surface area contributed by atoms with Gasteiger partial charge in [-0.15, -0.1) is 12.4 Å². The Labute approximate surface area is 124 Å². The highest BCUT2D eigenvalue weighted by atomic mass is 35.5. The highest BCUT2D eigenvalue weighted by Crippen LogP contribution is 2.24. The van der Waals surface area contributed by atoms with Crippen LogP contribution in [-0.4, -0.2) is 29.9 Å². The van der Waals surface area contributed by atoms with Gasteiger partial charge in [0.25, 0.3) is 0 Å². The van der Waals surface area contributed by atoms with Crippen molar-refractivity contribution in [1.82, 2.24) is 4.90 Å². The van der Waals surface area contributed by atoms with Gasteiger partial charge in [-0.1, -0.05) is 39.5 Å². The molecule has 1 amide bonds. The van der Waals surface area contributed by atoms with Gasteiger partial charge in [-0.05, 0) is 31.6 Å². The van der Waals surface area contributed by atoms with Crippen molar-refractivity contribution in [3.63, 3.8) is 0 Å². The average Bonchev–Trinajstić information content (AvgIpc) is 2.39. The van der Waals surface area contributed by atoms with Crippen molar-refractivity contribution in [2.75, 3.05) is 13.1 Å². The maximum Gasteiger partial charge on any atom is 0.239 e. The summed E-state index contributed by atoms with van der Waals surface area (Å²) in [7, 11) is 0. The van der Waals surface area contributed by atoms with Crippen LogP contribution < -0.4 is 5.73 Å². The maximum absolute atomic E-state index is 12.3. The number of halogens is 1. The van der Waals surface area contributed by atoms with Crippen LogP contribution in [0.15, 0.2) is 0 Å². The summed E-state index contributed by atoms with van der Waals surface area (Å²) in [6.07, 6.45) is 9.43. The first-order valence-electron chi connectivity index (χ1n) is 7.73. The molecule has 0 aromatic carbocycles. The van der Waals surface area contributed by atoms with E-state index in [0.29, 0.717) is 5.92 Å². The third kappa shape index (κ3) is 6.62. The van der Waals surface area contributed by atoms with Crippen molar-refractivity contribution in [3.8, 4) is 0 Å². The molecular weight excluding hydrogens is 260 g/mol. The number of hydrogen-bond acceptors (Lipinski definition) is 2. The Bertz CT molecular complexity index is 242. The molecule has 1 rings (SSSR count). The molecule has 0 heterocycles. The molecule has 0 aromatic rings. The van der Waals surface area contributed by atoms with Gasteiger partial charge < -0.3 is 10.6 Å². The summed E-state index contributed by atoms with van der Waals surface area (Å²) in [5.74, 6) is 0.882. The van der Waals surface area contributed by atoms with E-state index in [2.05, 4.69) is 13.8 Å². The molecule has 0 spiro atoms. The predicted molar refractivity (Wildman–Crippen MR) is 83.6 cm³/mol. The van der Waals surface area contributed by atoms with Crippen molar-refractivity contribution in [1.29, 1.82) is 0 Å². The van der Waals surface area contributed by atoms with Crippen LogP contribution in [-0.2, 0) is 4.79 Å². The number of carbonyl (C=O) groups is 1. The lowest BCUT2D eigenvalue weighted by molar-refractivity contribution is -0.133. The Hall–Kier alpha value is -0.280. The molecule has 3 nitrogen and oxygen atoms in total. The van der Waals surface area contributed by atoms with E-state index in [9.17, 15) is 4.79 Å². The first kappa shape index (κ1) is 18.7. The van der Waals surface area contributed by atoms with Gasteiger partial charge in [0.05, 0.1) is 6.04 Å². The molecule has 1 aliphatic carbocycles. The van der Waals surface area contributed by atoms with E-state index >= 15 is 0 Å². The molecule has 19 heavy (non-hydrogen) atoms. The van der Waals surface area contributed by atoms with Gasteiger partial charge >= 0.3 is 0 Å². The molecule has 0 aromatic heterocycles. The molecule has 0 aliphatic heterocycles. The van der Waals surface area contributed by atoms with Gasteiger partial charge in [-0.3, -0.25) is 4.79 Å². The molecule has 1 aliphatic rings. The molecule has 0 bridgehead atoms. The minimum absolute atomic E-state index is 0. The molecule has 114 valence electrons. The fraction of sp³-hybridized carbons (Fsp3) is 0.933. The summed E-state index contributed by atoms with van der Waals surface area (Å²) >= 11 is 0. The Kier molecular flexibility index (Phi) is 10.3. The zero-order chi connectivity index (χ0) is 13.4. The Balaban J connectivity index is 0.00000324. The Morgan fingerprint density at radius 1 is 1.21 bits per heavy atom. The third-order valence-corrected chi connectivity index (χ3v) is 3.93. The maximum atomic E-state index is 12.3. The van der Waals surface area contributed by atoms with E-state index in [4.69, 9.17) is 5.73 Å². The summed E-state index contributed by atoms with van der Waals surface area (Å²) in [6, 6.07) is -0.287. The number of nitrogens with zero attached hydrogens (tertiary/aromatic N) is 1. The quantitative estimate of drug-likeness (QED) is 0.781. The second-order valence-corrected chi connectivity index (χ2v) is 5.68. The smallest absolute Gasteiger partial charge is 0.239 e. The van der Waals surface area contributed by atoms with Crippen LogP contribution in [0, 0.1) is 5.92 Å². The summed E-state index contributed by atoms with van der Waals surface area (Å²) in [6.45, 7) is 6.02. The second kappa shape index (κ2) is 10.5. The van der Waals surface area contributed by atoms with Gasteiger partial charge in [0.15, 0.2) is 0 Å². The largest absolute Gasteiger partial charge is 0.341 e. The number of amides is 1. The Morgan fingerprint density at radius 3 is 2.37 bits per heavy atom. The normalized spacial score (nSPS) is 17.6. The van der Waals surface area contributed by atoms with Gasteiger partial charge in [0.2, 0.25) is 5.91 Å². The minimum atomic E-state index is -0.287. The number of hydrogen-bond donors (Lipinski definition) is 1. The van der Waals surface area contributed by atoms with Gasteiger partial charge in [0, 0.05) is 13.1 Å². The highest BCUT2D eigenvalue weighted by Gasteiger charge is 2.23. The van der Waals surface area contributed by atoms with Crippen LogP contribution >= 0.6 is 12.4 Å². The first-order chi connectivity index (χ1) is 8.69.